The molecule has 1 aliphatic rings. The summed E-state index contributed by atoms with van der Waals surface area (Å²) in [6.07, 6.45) is 2.59. The van der Waals surface area contributed by atoms with Crippen LogP contribution in [-0.4, -0.2) is 50.8 Å². The molecule has 1 rings (SSSR count). The van der Waals surface area contributed by atoms with Gasteiger partial charge in [-0.1, -0.05) is 22.5 Å². The van der Waals surface area contributed by atoms with Crippen molar-refractivity contribution < 1.29 is 4.74 Å². The van der Waals surface area contributed by atoms with Gasteiger partial charge in [0.1, 0.15) is 0 Å². The monoisotopic (exact) mass is 276 g/mol. The smallest absolute Gasteiger partial charge is 0.0589 e. The molecule has 1 saturated heterocycles. The number of nitrogens with one attached hydrogen (secondary N) is 1. The van der Waals surface area contributed by atoms with Crippen LogP contribution in [0, 0.1) is 0 Å². The standard InChI is InChI=1S/C11H21BrN2O/c1-10(12)8-14(6-7-15-2)9-11-4-3-5-13-11/h11,13H,1,3-9H2,2H3. The number of hydrogen-bond acceptors (Lipinski definition) is 3. The first-order valence-electron chi connectivity index (χ1n) is 5.50. The van der Waals surface area contributed by atoms with Gasteiger partial charge >= 0.3 is 0 Å². The van der Waals surface area contributed by atoms with Gasteiger partial charge < -0.3 is 10.1 Å². The molecule has 1 atom stereocenters. The van der Waals surface area contributed by atoms with Gasteiger partial charge in [-0.15, -0.1) is 0 Å². The van der Waals surface area contributed by atoms with E-state index in [1.54, 1.807) is 7.11 Å². The Morgan fingerprint density at radius 2 is 2.47 bits per heavy atom. The molecular formula is C11H21BrN2O. The second-order valence-corrected chi connectivity index (χ2v) is 5.16. The normalized spacial score (nSPS) is 21.1. The minimum atomic E-state index is 0.647. The highest BCUT2D eigenvalue weighted by molar-refractivity contribution is 9.11. The number of nitrogens with zero attached hydrogens (tertiary/aromatic N) is 1. The lowest BCUT2D eigenvalue weighted by Crippen LogP contribution is -2.39. The van der Waals surface area contributed by atoms with Crippen molar-refractivity contribution in [2.24, 2.45) is 0 Å². The van der Waals surface area contributed by atoms with Gasteiger partial charge in [-0.05, 0) is 19.4 Å². The van der Waals surface area contributed by atoms with E-state index >= 15 is 0 Å². The second kappa shape index (κ2) is 7.39. The molecule has 0 aromatic heterocycles. The first kappa shape index (κ1) is 13.2. The van der Waals surface area contributed by atoms with E-state index in [0.717, 1.165) is 37.3 Å². The molecule has 1 heterocycles. The molecule has 88 valence electrons. The van der Waals surface area contributed by atoms with Crippen LogP contribution in [0.4, 0.5) is 0 Å². The van der Waals surface area contributed by atoms with Crippen molar-refractivity contribution in [2.45, 2.75) is 18.9 Å². The highest BCUT2D eigenvalue weighted by atomic mass is 79.9. The summed E-state index contributed by atoms with van der Waals surface area (Å²) in [7, 11) is 1.74. The zero-order chi connectivity index (χ0) is 11.1. The summed E-state index contributed by atoms with van der Waals surface area (Å²) in [5, 5.41) is 3.51. The Kier molecular flexibility index (Phi) is 6.48. The van der Waals surface area contributed by atoms with Gasteiger partial charge in [0.15, 0.2) is 0 Å². The van der Waals surface area contributed by atoms with Gasteiger partial charge in [0.05, 0.1) is 6.61 Å². The topological polar surface area (TPSA) is 24.5 Å². The predicted octanol–water partition coefficient (Wildman–Crippen LogP) is 1.60. The minimum Gasteiger partial charge on any atom is -0.383 e. The molecule has 0 saturated carbocycles. The zero-order valence-corrected chi connectivity index (χ0v) is 11.1. The summed E-state index contributed by atoms with van der Waals surface area (Å²) >= 11 is 3.42. The van der Waals surface area contributed by atoms with E-state index in [1.165, 1.54) is 12.8 Å². The Morgan fingerprint density at radius 1 is 1.67 bits per heavy atom. The van der Waals surface area contributed by atoms with Gasteiger partial charge in [-0.3, -0.25) is 4.90 Å². The van der Waals surface area contributed by atoms with E-state index in [2.05, 4.69) is 32.7 Å². The third kappa shape index (κ3) is 5.66. The number of ether oxygens (including phenoxy) is 1. The molecule has 15 heavy (non-hydrogen) atoms. The van der Waals surface area contributed by atoms with Crippen LogP contribution in [0.25, 0.3) is 0 Å². The third-order valence-corrected chi connectivity index (χ3v) is 2.90. The number of rotatable bonds is 7. The molecular weight excluding hydrogens is 256 g/mol. The van der Waals surface area contributed by atoms with Crippen LogP contribution in [0.2, 0.25) is 0 Å². The van der Waals surface area contributed by atoms with Crippen LogP contribution in [0.5, 0.6) is 0 Å². The molecule has 4 heteroatoms. The molecule has 3 nitrogen and oxygen atoms in total. The maximum absolute atomic E-state index is 5.11. The van der Waals surface area contributed by atoms with Crippen molar-refractivity contribution >= 4 is 15.9 Å². The molecule has 0 bridgehead atoms. The van der Waals surface area contributed by atoms with E-state index in [9.17, 15) is 0 Å². The van der Waals surface area contributed by atoms with E-state index in [-0.39, 0.29) is 0 Å². The van der Waals surface area contributed by atoms with Crippen molar-refractivity contribution in [1.29, 1.82) is 0 Å². The molecule has 1 aliphatic heterocycles. The van der Waals surface area contributed by atoms with Gasteiger partial charge in [0.25, 0.3) is 0 Å². The largest absolute Gasteiger partial charge is 0.383 e. The third-order valence-electron chi connectivity index (χ3n) is 2.65. The highest BCUT2D eigenvalue weighted by Crippen LogP contribution is 2.10. The molecule has 1 unspecified atom stereocenters. The van der Waals surface area contributed by atoms with Crippen molar-refractivity contribution in [3.8, 4) is 0 Å². The first-order chi connectivity index (χ1) is 7.22. The lowest BCUT2D eigenvalue weighted by atomic mass is 10.2. The van der Waals surface area contributed by atoms with Gasteiger partial charge in [0.2, 0.25) is 0 Å². The fourth-order valence-electron chi connectivity index (χ4n) is 1.92. The summed E-state index contributed by atoms with van der Waals surface area (Å²) in [5.41, 5.74) is 0. The summed E-state index contributed by atoms with van der Waals surface area (Å²) in [4.78, 5) is 2.38. The lowest BCUT2D eigenvalue weighted by Gasteiger charge is -2.24. The van der Waals surface area contributed by atoms with Crippen LogP contribution in [-0.2, 0) is 4.74 Å². The number of hydrogen-bond donors (Lipinski definition) is 1. The molecule has 0 amide bonds. The van der Waals surface area contributed by atoms with Crippen LogP contribution in [0.15, 0.2) is 11.1 Å². The van der Waals surface area contributed by atoms with Crippen LogP contribution >= 0.6 is 15.9 Å². The van der Waals surface area contributed by atoms with Crippen molar-refractivity contribution in [3.63, 3.8) is 0 Å². The van der Waals surface area contributed by atoms with Crippen LogP contribution in [0.1, 0.15) is 12.8 Å². The van der Waals surface area contributed by atoms with Crippen LogP contribution < -0.4 is 5.32 Å². The molecule has 0 aromatic rings. The van der Waals surface area contributed by atoms with Gasteiger partial charge in [-0.25, -0.2) is 0 Å². The van der Waals surface area contributed by atoms with Crippen molar-refractivity contribution in [1.82, 2.24) is 10.2 Å². The van der Waals surface area contributed by atoms with E-state index in [4.69, 9.17) is 4.74 Å². The summed E-state index contributed by atoms with van der Waals surface area (Å²) in [5.74, 6) is 0. The van der Waals surface area contributed by atoms with E-state index in [0.29, 0.717) is 6.04 Å². The minimum absolute atomic E-state index is 0.647. The maximum Gasteiger partial charge on any atom is 0.0589 e. The molecule has 1 fully saturated rings. The zero-order valence-electron chi connectivity index (χ0n) is 9.47. The lowest BCUT2D eigenvalue weighted by molar-refractivity contribution is 0.149. The van der Waals surface area contributed by atoms with E-state index in [1.807, 2.05) is 0 Å². The Bertz CT molecular complexity index is 193. The molecule has 0 spiro atoms. The molecule has 0 aromatic carbocycles. The Morgan fingerprint density at radius 3 is 3.00 bits per heavy atom. The molecule has 0 radical (unpaired) electrons. The highest BCUT2D eigenvalue weighted by Gasteiger charge is 2.17. The Labute approximate surface area is 101 Å². The van der Waals surface area contributed by atoms with Crippen molar-refractivity contribution in [2.75, 3.05) is 39.9 Å². The molecule has 0 aliphatic carbocycles. The summed E-state index contributed by atoms with van der Waals surface area (Å²) in [6, 6.07) is 0.647. The van der Waals surface area contributed by atoms with Crippen LogP contribution in [0.3, 0.4) is 0 Å². The maximum atomic E-state index is 5.11. The number of halogens is 1. The second-order valence-electron chi connectivity index (χ2n) is 4.04. The fourth-order valence-corrected chi connectivity index (χ4v) is 2.28. The first-order valence-corrected chi connectivity index (χ1v) is 6.29. The van der Waals surface area contributed by atoms with E-state index < -0.39 is 0 Å². The van der Waals surface area contributed by atoms with Crippen molar-refractivity contribution in [3.05, 3.63) is 11.1 Å². The van der Waals surface area contributed by atoms with Gasteiger partial charge in [0, 0.05) is 37.3 Å². The number of methoxy groups -OCH3 is 1. The average molecular weight is 277 g/mol. The Hall–Kier alpha value is 0.1000. The fraction of sp³-hybridized carbons (Fsp3) is 0.818. The quantitative estimate of drug-likeness (QED) is 0.765. The summed E-state index contributed by atoms with van der Waals surface area (Å²) in [6.45, 7) is 8.81. The predicted molar refractivity (Wildman–Crippen MR) is 67.4 cm³/mol. The average Bonchev–Trinajstić information content (AvgIpc) is 2.66. The Balaban J connectivity index is 2.29. The summed E-state index contributed by atoms with van der Waals surface area (Å²) < 4.78 is 6.15. The van der Waals surface area contributed by atoms with Gasteiger partial charge in [-0.2, -0.15) is 0 Å². The molecule has 1 N–H and O–H groups in total. The SMILES string of the molecule is C=C(Br)CN(CCOC)CC1CCCN1.